The average molecular weight is 499 g/mol. The van der Waals surface area contributed by atoms with E-state index in [4.69, 9.17) is 0 Å². The summed E-state index contributed by atoms with van der Waals surface area (Å²) < 4.78 is 28.1. The van der Waals surface area contributed by atoms with E-state index in [9.17, 15) is 13.2 Å². The summed E-state index contributed by atoms with van der Waals surface area (Å²) in [6.45, 7) is 8.94. The van der Waals surface area contributed by atoms with Crippen LogP contribution in [0, 0.1) is 26.7 Å². The summed E-state index contributed by atoms with van der Waals surface area (Å²) in [5.74, 6) is 0.821. The summed E-state index contributed by atoms with van der Waals surface area (Å²) in [6.07, 6.45) is 7.91. The van der Waals surface area contributed by atoms with E-state index in [0.717, 1.165) is 41.2 Å². The highest BCUT2D eigenvalue weighted by Gasteiger charge is 2.33. The van der Waals surface area contributed by atoms with Crippen LogP contribution in [-0.2, 0) is 21.4 Å². The predicted molar refractivity (Wildman–Crippen MR) is 139 cm³/mol. The zero-order chi connectivity index (χ0) is 25.0. The maximum atomic E-state index is 13.3. The molecule has 0 unspecified atom stereocenters. The number of rotatable bonds is 6. The second-order valence-corrected chi connectivity index (χ2v) is 11.9. The Morgan fingerprint density at radius 3 is 2.17 bits per heavy atom. The van der Waals surface area contributed by atoms with Gasteiger partial charge in [0.15, 0.2) is 0 Å². The van der Waals surface area contributed by atoms with Gasteiger partial charge in [-0.15, -0.1) is 0 Å². The molecule has 0 bridgehead atoms. The number of hydrogen-bond acceptors (Lipinski definition) is 5. The van der Waals surface area contributed by atoms with Gasteiger partial charge in [-0.3, -0.25) is 4.79 Å². The van der Waals surface area contributed by atoms with Gasteiger partial charge in [0.2, 0.25) is 15.9 Å². The van der Waals surface area contributed by atoms with Gasteiger partial charge in [-0.2, -0.15) is 4.31 Å². The number of carbonyl (C=O) groups is 1. The molecule has 0 saturated carbocycles. The summed E-state index contributed by atoms with van der Waals surface area (Å²) >= 11 is 0. The fraction of sp³-hybridized carbons (Fsp3) is 0.556. The van der Waals surface area contributed by atoms with Gasteiger partial charge in [-0.1, -0.05) is 36.6 Å². The van der Waals surface area contributed by atoms with E-state index in [1.807, 2.05) is 51.2 Å². The third-order valence-electron chi connectivity index (χ3n) is 7.23. The molecule has 4 rings (SSSR count). The number of hydrogen-bond donors (Lipinski definition) is 1. The van der Waals surface area contributed by atoms with E-state index in [1.165, 1.54) is 30.0 Å². The fourth-order valence-electron chi connectivity index (χ4n) is 5.40. The molecule has 1 amide bonds. The molecule has 2 fully saturated rings. The monoisotopic (exact) mass is 498 g/mol. The van der Waals surface area contributed by atoms with Crippen molar-refractivity contribution in [1.82, 2.24) is 14.6 Å². The molecule has 7 nitrogen and oxygen atoms in total. The van der Waals surface area contributed by atoms with Crippen molar-refractivity contribution in [3.63, 3.8) is 0 Å². The number of anilines is 1. The largest absolute Gasteiger partial charge is 0.357 e. The van der Waals surface area contributed by atoms with Crippen molar-refractivity contribution in [3.8, 4) is 0 Å². The summed E-state index contributed by atoms with van der Waals surface area (Å²) in [6, 6.07) is 7.91. The number of pyridine rings is 1. The van der Waals surface area contributed by atoms with Gasteiger partial charge in [-0.25, -0.2) is 13.4 Å². The van der Waals surface area contributed by atoms with Gasteiger partial charge in [-0.05, 0) is 69.2 Å². The van der Waals surface area contributed by atoms with E-state index in [-0.39, 0.29) is 11.8 Å². The Morgan fingerprint density at radius 1 is 0.971 bits per heavy atom. The van der Waals surface area contributed by atoms with Gasteiger partial charge in [0.1, 0.15) is 5.82 Å². The van der Waals surface area contributed by atoms with Gasteiger partial charge in [0.05, 0.1) is 4.90 Å². The van der Waals surface area contributed by atoms with Crippen molar-refractivity contribution in [3.05, 3.63) is 52.7 Å². The Hall–Kier alpha value is -2.45. The SMILES string of the molecule is Cc1cc(C)c(S(=O)(=O)N2CCC(C(=O)NCc3ccc(N4CCCCCC4)nc3)CC2)c(C)c1. The topological polar surface area (TPSA) is 82.6 Å². The number of piperidine rings is 1. The molecule has 2 saturated heterocycles. The first-order chi connectivity index (χ1) is 16.8. The highest BCUT2D eigenvalue weighted by Crippen LogP contribution is 2.29. The normalized spacial score (nSPS) is 18.3. The lowest BCUT2D eigenvalue weighted by Crippen LogP contribution is -2.43. The average Bonchev–Trinajstić information content (AvgIpc) is 3.12. The number of benzene rings is 1. The molecular weight excluding hydrogens is 460 g/mol. The molecule has 0 atom stereocenters. The van der Waals surface area contributed by atoms with E-state index in [1.54, 1.807) is 0 Å². The zero-order valence-corrected chi connectivity index (χ0v) is 22.0. The third-order valence-corrected chi connectivity index (χ3v) is 9.44. The van der Waals surface area contributed by atoms with Crippen molar-refractivity contribution in [1.29, 1.82) is 0 Å². The molecule has 35 heavy (non-hydrogen) atoms. The molecule has 8 heteroatoms. The predicted octanol–water partition coefficient (Wildman–Crippen LogP) is 4.10. The van der Waals surface area contributed by atoms with Crippen LogP contribution in [0.15, 0.2) is 35.4 Å². The smallest absolute Gasteiger partial charge is 0.243 e. The number of amides is 1. The van der Waals surface area contributed by atoms with Crippen LogP contribution in [0.2, 0.25) is 0 Å². The molecule has 0 aliphatic carbocycles. The molecule has 1 aromatic carbocycles. The van der Waals surface area contributed by atoms with Crippen LogP contribution in [0.3, 0.4) is 0 Å². The minimum atomic E-state index is -3.57. The second-order valence-electron chi connectivity index (χ2n) is 10.0. The first-order valence-corrected chi connectivity index (χ1v) is 14.3. The van der Waals surface area contributed by atoms with Crippen LogP contribution in [0.5, 0.6) is 0 Å². The standard InChI is InChI=1S/C27H38N4O3S/c1-20-16-21(2)26(22(3)17-20)35(33,34)31-14-10-24(11-15-31)27(32)29-19-23-8-9-25(28-18-23)30-12-6-4-5-7-13-30/h8-9,16-18,24H,4-7,10-15,19H2,1-3H3,(H,29,32). The van der Waals surface area contributed by atoms with Gasteiger partial charge in [0.25, 0.3) is 0 Å². The fourth-order valence-corrected chi connectivity index (χ4v) is 7.28. The molecule has 1 aromatic heterocycles. The van der Waals surface area contributed by atoms with Crippen molar-refractivity contribution in [2.24, 2.45) is 5.92 Å². The zero-order valence-electron chi connectivity index (χ0n) is 21.2. The van der Waals surface area contributed by atoms with Crippen LogP contribution in [0.1, 0.15) is 60.8 Å². The molecule has 2 aliphatic heterocycles. The van der Waals surface area contributed by atoms with Crippen LogP contribution >= 0.6 is 0 Å². The molecule has 2 aliphatic rings. The summed E-state index contributed by atoms with van der Waals surface area (Å²) in [5.41, 5.74) is 3.58. The molecule has 190 valence electrons. The number of aryl methyl sites for hydroxylation is 3. The highest BCUT2D eigenvalue weighted by molar-refractivity contribution is 7.89. The minimum absolute atomic E-state index is 0.0126. The maximum absolute atomic E-state index is 13.3. The van der Waals surface area contributed by atoms with Crippen molar-refractivity contribution in [2.45, 2.75) is 70.7 Å². The second kappa shape index (κ2) is 11.1. The Kier molecular flexibility index (Phi) is 8.12. The van der Waals surface area contributed by atoms with E-state index < -0.39 is 10.0 Å². The number of nitrogens with zero attached hydrogens (tertiary/aromatic N) is 3. The Morgan fingerprint density at radius 2 is 1.60 bits per heavy atom. The lowest BCUT2D eigenvalue weighted by Gasteiger charge is -2.31. The molecule has 1 N–H and O–H groups in total. The maximum Gasteiger partial charge on any atom is 0.243 e. The van der Waals surface area contributed by atoms with Gasteiger partial charge in [0, 0.05) is 44.8 Å². The van der Waals surface area contributed by atoms with Crippen LogP contribution in [-0.4, -0.2) is 49.8 Å². The number of sulfonamides is 1. The first kappa shape index (κ1) is 25.6. The number of nitrogens with one attached hydrogen (secondary N) is 1. The first-order valence-electron chi connectivity index (χ1n) is 12.8. The Labute approximate surface area is 210 Å². The molecule has 2 aromatic rings. The molecule has 0 spiro atoms. The van der Waals surface area contributed by atoms with Crippen molar-refractivity contribution in [2.75, 3.05) is 31.1 Å². The van der Waals surface area contributed by atoms with Crippen molar-refractivity contribution >= 4 is 21.7 Å². The van der Waals surface area contributed by atoms with Crippen LogP contribution < -0.4 is 10.2 Å². The molecule has 3 heterocycles. The molecule has 0 radical (unpaired) electrons. The van der Waals surface area contributed by atoms with Crippen LogP contribution in [0.4, 0.5) is 5.82 Å². The van der Waals surface area contributed by atoms with Crippen molar-refractivity contribution < 1.29 is 13.2 Å². The Balaban J connectivity index is 1.29. The summed E-state index contributed by atoms with van der Waals surface area (Å²) in [5, 5.41) is 3.03. The highest BCUT2D eigenvalue weighted by atomic mass is 32.2. The summed E-state index contributed by atoms with van der Waals surface area (Å²) in [7, 11) is -3.57. The quantitative estimate of drug-likeness (QED) is 0.648. The van der Waals surface area contributed by atoms with E-state index in [2.05, 4.69) is 15.2 Å². The van der Waals surface area contributed by atoms with Crippen LogP contribution in [0.25, 0.3) is 0 Å². The van der Waals surface area contributed by atoms with Gasteiger partial charge >= 0.3 is 0 Å². The number of carbonyl (C=O) groups excluding carboxylic acids is 1. The minimum Gasteiger partial charge on any atom is -0.357 e. The summed E-state index contributed by atoms with van der Waals surface area (Å²) in [4.78, 5) is 20.2. The lowest BCUT2D eigenvalue weighted by molar-refractivity contribution is -0.126. The van der Waals surface area contributed by atoms with E-state index >= 15 is 0 Å². The van der Waals surface area contributed by atoms with E-state index in [0.29, 0.717) is 37.4 Å². The third kappa shape index (κ3) is 6.04. The lowest BCUT2D eigenvalue weighted by atomic mass is 9.97. The van der Waals surface area contributed by atoms with Gasteiger partial charge < -0.3 is 10.2 Å². The number of aromatic nitrogens is 1. The molecular formula is C27H38N4O3S. The Bertz CT molecular complexity index is 1110.